The molecule has 0 saturated heterocycles. The van der Waals surface area contributed by atoms with E-state index in [2.05, 4.69) is 16.7 Å². The summed E-state index contributed by atoms with van der Waals surface area (Å²) in [6.45, 7) is 4.65. The molecule has 0 fully saturated rings. The Morgan fingerprint density at radius 3 is 3.10 bits per heavy atom. The van der Waals surface area contributed by atoms with Crippen molar-refractivity contribution in [3.8, 4) is 0 Å². The molecule has 0 saturated carbocycles. The second-order valence-electron chi connectivity index (χ2n) is 5.47. The second kappa shape index (κ2) is 6.14. The van der Waals surface area contributed by atoms with Gasteiger partial charge in [-0.2, -0.15) is 0 Å². The van der Waals surface area contributed by atoms with Crippen molar-refractivity contribution in [2.75, 3.05) is 19.6 Å². The van der Waals surface area contributed by atoms with Gasteiger partial charge in [-0.25, -0.2) is 0 Å². The molecule has 1 amide bonds. The summed E-state index contributed by atoms with van der Waals surface area (Å²) in [5.41, 5.74) is 3.33. The molecule has 1 aliphatic heterocycles. The van der Waals surface area contributed by atoms with Gasteiger partial charge >= 0.3 is 0 Å². The summed E-state index contributed by atoms with van der Waals surface area (Å²) in [5, 5.41) is 7.18. The number of furan rings is 1. The molecule has 1 aromatic heterocycles. The first kappa shape index (κ1) is 13.9. The van der Waals surface area contributed by atoms with E-state index in [-0.39, 0.29) is 5.91 Å². The maximum Gasteiger partial charge on any atom is 0.287 e. The van der Waals surface area contributed by atoms with Gasteiger partial charge in [-0.15, -0.1) is 0 Å². The summed E-state index contributed by atoms with van der Waals surface area (Å²) in [6.07, 6.45) is 4.19. The van der Waals surface area contributed by atoms with Crippen molar-refractivity contribution in [2.24, 2.45) is 0 Å². The molecular formula is C17H20N2O2. The molecule has 0 radical (unpaired) electrons. The Kier molecular flexibility index (Phi) is 4.06. The monoisotopic (exact) mass is 284 g/mol. The predicted molar refractivity (Wildman–Crippen MR) is 83.5 cm³/mol. The van der Waals surface area contributed by atoms with Crippen molar-refractivity contribution >= 4 is 16.9 Å². The summed E-state index contributed by atoms with van der Waals surface area (Å²) >= 11 is 0. The maximum atomic E-state index is 12.1. The number of hydrogen-bond acceptors (Lipinski definition) is 3. The van der Waals surface area contributed by atoms with E-state index in [1.165, 1.54) is 5.57 Å². The van der Waals surface area contributed by atoms with Crippen molar-refractivity contribution in [1.29, 1.82) is 0 Å². The zero-order valence-corrected chi connectivity index (χ0v) is 12.2. The van der Waals surface area contributed by atoms with E-state index in [1.54, 1.807) is 0 Å². The van der Waals surface area contributed by atoms with Crippen LogP contribution in [0.25, 0.3) is 11.0 Å². The lowest BCUT2D eigenvalue weighted by Gasteiger charge is -2.13. The van der Waals surface area contributed by atoms with Crippen molar-refractivity contribution in [3.05, 3.63) is 47.2 Å². The molecule has 0 atom stereocenters. The molecule has 21 heavy (non-hydrogen) atoms. The number of nitrogens with one attached hydrogen (secondary N) is 2. The largest absolute Gasteiger partial charge is 0.451 e. The van der Waals surface area contributed by atoms with Crippen LogP contribution in [-0.2, 0) is 0 Å². The van der Waals surface area contributed by atoms with E-state index >= 15 is 0 Å². The van der Waals surface area contributed by atoms with Gasteiger partial charge in [0.15, 0.2) is 5.76 Å². The maximum absolute atomic E-state index is 12.1. The molecule has 2 aromatic rings. The highest BCUT2D eigenvalue weighted by atomic mass is 16.3. The van der Waals surface area contributed by atoms with E-state index < -0.39 is 0 Å². The highest BCUT2D eigenvalue weighted by Gasteiger charge is 2.12. The van der Waals surface area contributed by atoms with Crippen molar-refractivity contribution in [1.82, 2.24) is 10.6 Å². The van der Waals surface area contributed by atoms with Crippen LogP contribution in [0.4, 0.5) is 0 Å². The fourth-order valence-electron chi connectivity index (χ4n) is 2.60. The fourth-order valence-corrected chi connectivity index (χ4v) is 2.60. The third-order valence-electron chi connectivity index (χ3n) is 3.79. The van der Waals surface area contributed by atoms with Gasteiger partial charge in [0.1, 0.15) is 5.58 Å². The van der Waals surface area contributed by atoms with Gasteiger partial charge < -0.3 is 15.1 Å². The summed E-state index contributed by atoms with van der Waals surface area (Å²) < 4.78 is 5.59. The molecule has 1 aliphatic rings. The zero-order valence-electron chi connectivity index (χ0n) is 12.2. The highest BCUT2D eigenvalue weighted by molar-refractivity contribution is 5.96. The van der Waals surface area contributed by atoms with Gasteiger partial charge in [0.05, 0.1) is 0 Å². The minimum atomic E-state index is -0.140. The lowest BCUT2D eigenvalue weighted by molar-refractivity contribution is 0.0928. The van der Waals surface area contributed by atoms with Crippen LogP contribution in [-0.4, -0.2) is 25.5 Å². The lowest BCUT2D eigenvalue weighted by Crippen LogP contribution is -2.26. The second-order valence-corrected chi connectivity index (χ2v) is 5.47. The van der Waals surface area contributed by atoms with E-state index in [0.717, 1.165) is 42.5 Å². The molecule has 4 nitrogen and oxygen atoms in total. The fraction of sp³-hybridized carbons (Fsp3) is 0.353. The third kappa shape index (κ3) is 3.34. The molecule has 2 N–H and O–H groups in total. The summed E-state index contributed by atoms with van der Waals surface area (Å²) in [5.74, 6) is 0.244. The average molecular weight is 284 g/mol. The van der Waals surface area contributed by atoms with Gasteiger partial charge in [0, 0.05) is 18.5 Å². The van der Waals surface area contributed by atoms with Crippen LogP contribution in [0, 0.1) is 6.92 Å². The molecule has 0 aliphatic carbocycles. The van der Waals surface area contributed by atoms with Crippen molar-refractivity contribution in [3.63, 3.8) is 0 Å². The first-order valence-corrected chi connectivity index (χ1v) is 7.39. The van der Waals surface area contributed by atoms with E-state index in [1.807, 2.05) is 31.2 Å². The smallest absolute Gasteiger partial charge is 0.287 e. The Morgan fingerprint density at radius 2 is 2.29 bits per heavy atom. The predicted octanol–water partition coefficient (Wildman–Crippen LogP) is 2.78. The lowest BCUT2D eigenvalue weighted by atomic mass is 10.1. The molecule has 0 unspecified atom stereocenters. The molecule has 4 heteroatoms. The van der Waals surface area contributed by atoms with Crippen LogP contribution in [0.15, 0.2) is 40.3 Å². The number of carbonyl (C=O) groups excluding carboxylic acids is 1. The quantitative estimate of drug-likeness (QED) is 0.849. The molecule has 0 spiro atoms. The summed E-state index contributed by atoms with van der Waals surface area (Å²) in [4.78, 5) is 12.1. The summed E-state index contributed by atoms with van der Waals surface area (Å²) in [7, 11) is 0. The number of benzene rings is 1. The van der Waals surface area contributed by atoms with Gasteiger partial charge in [-0.05, 0) is 44.5 Å². The van der Waals surface area contributed by atoms with E-state index in [9.17, 15) is 4.79 Å². The molecular weight excluding hydrogens is 264 g/mol. The van der Waals surface area contributed by atoms with Crippen molar-refractivity contribution in [2.45, 2.75) is 19.8 Å². The Morgan fingerprint density at radius 1 is 1.38 bits per heavy atom. The van der Waals surface area contributed by atoms with Crippen LogP contribution >= 0.6 is 0 Å². The SMILES string of the molecule is Cc1ccc2oc(C(=O)NCCC3=CCNCC3)cc2c1. The number of rotatable bonds is 4. The van der Waals surface area contributed by atoms with Gasteiger partial charge in [0.25, 0.3) is 5.91 Å². The number of aryl methyl sites for hydroxylation is 1. The minimum absolute atomic E-state index is 0.140. The molecule has 0 bridgehead atoms. The van der Waals surface area contributed by atoms with Crippen LogP contribution in [0.3, 0.4) is 0 Å². The van der Waals surface area contributed by atoms with Crippen LogP contribution < -0.4 is 10.6 Å². The number of fused-ring (bicyclic) bond motifs is 1. The number of carbonyl (C=O) groups is 1. The highest BCUT2D eigenvalue weighted by Crippen LogP contribution is 2.20. The topological polar surface area (TPSA) is 54.3 Å². The summed E-state index contributed by atoms with van der Waals surface area (Å²) in [6, 6.07) is 7.72. The third-order valence-corrected chi connectivity index (χ3v) is 3.79. The van der Waals surface area contributed by atoms with E-state index in [0.29, 0.717) is 12.3 Å². The minimum Gasteiger partial charge on any atom is -0.451 e. The number of hydrogen-bond donors (Lipinski definition) is 2. The van der Waals surface area contributed by atoms with Crippen LogP contribution in [0.2, 0.25) is 0 Å². The Hall–Kier alpha value is -2.07. The van der Waals surface area contributed by atoms with Gasteiger partial charge in [-0.3, -0.25) is 4.79 Å². The molecule has 110 valence electrons. The van der Waals surface area contributed by atoms with Crippen LogP contribution in [0.1, 0.15) is 29.0 Å². The Bertz CT molecular complexity index is 685. The molecule has 1 aromatic carbocycles. The zero-order chi connectivity index (χ0) is 14.7. The first-order valence-electron chi connectivity index (χ1n) is 7.39. The first-order chi connectivity index (χ1) is 10.2. The number of amides is 1. The van der Waals surface area contributed by atoms with E-state index in [4.69, 9.17) is 4.42 Å². The molecule has 3 rings (SSSR count). The van der Waals surface area contributed by atoms with Gasteiger partial charge in [0.2, 0.25) is 0 Å². The average Bonchev–Trinajstić information content (AvgIpc) is 2.91. The normalized spacial score (nSPS) is 15.0. The standard InChI is InChI=1S/C17H20N2O2/c1-12-2-3-15-14(10-12)11-16(21-15)17(20)19-9-6-13-4-7-18-8-5-13/h2-4,10-11,18H,5-9H2,1H3,(H,19,20). The Balaban J connectivity index is 1.60. The Labute approximate surface area is 124 Å². The van der Waals surface area contributed by atoms with Gasteiger partial charge in [-0.1, -0.05) is 23.3 Å². The molecule has 2 heterocycles. The van der Waals surface area contributed by atoms with Crippen LogP contribution in [0.5, 0.6) is 0 Å². The van der Waals surface area contributed by atoms with Crippen molar-refractivity contribution < 1.29 is 9.21 Å².